The molecule has 1 unspecified atom stereocenters. The summed E-state index contributed by atoms with van der Waals surface area (Å²) in [6.45, 7) is 3.83. The molecule has 2 N–H and O–H groups in total. The number of ether oxygens (including phenoxy) is 1. The highest BCUT2D eigenvalue weighted by Gasteiger charge is 2.31. The minimum Gasteiger partial charge on any atom is -0.383 e. The Hall–Kier alpha value is -2.99. The number of alkyl halides is 3. The van der Waals surface area contributed by atoms with Gasteiger partial charge in [0.1, 0.15) is 6.23 Å². The second-order valence-corrected chi connectivity index (χ2v) is 10.9. The number of aromatic nitrogens is 1. The zero-order chi connectivity index (χ0) is 27.5. The summed E-state index contributed by atoms with van der Waals surface area (Å²) in [5, 5.41) is 13.7. The number of nitrogens with zero attached hydrogens (tertiary/aromatic N) is 1. The van der Waals surface area contributed by atoms with Gasteiger partial charge in [-0.2, -0.15) is 13.2 Å². The number of hydrogen-bond acceptors (Lipinski definition) is 6. The van der Waals surface area contributed by atoms with Gasteiger partial charge in [0.2, 0.25) is 0 Å². The molecule has 1 aromatic heterocycles. The van der Waals surface area contributed by atoms with Crippen molar-refractivity contribution >= 4 is 9.84 Å². The van der Waals surface area contributed by atoms with E-state index in [1.807, 2.05) is 6.92 Å². The van der Waals surface area contributed by atoms with E-state index >= 15 is 0 Å². The van der Waals surface area contributed by atoms with Gasteiger partial charge in [0.25, 0.3) is 0 Å². The minimum atomic E-state index is -4.59. The lowest BCUT2D eigenvalue weighted by Gasteiger charge is -2.24. The van der Waals surface area contributed by atoms with Crippen LogP contribution in [0.2, 0.25) is 0 Å². The predicted octanol–water partition coefficient (Wildman–Crippen LogP) is 4.23. The average Bonchev–Trinajstić information content (AvgIpc) is 2.82. The third-order valence-electron chi connectivity index (χ3n) is 6.02. The van der Waals surface area contributed by atoms with Crippen LogP contribution in [0.15, 0.2) is 64.4 Å². The van der Waals surface area contributed by atoms with Crippen LogP contribution in [-0.2, 0) is 27.3 Å². The number of benzene rings is 2. The quantitative estimate of drug-likeness (QED) is 0.396. The summed E-state index contributed by atoms with van der Waals surface area (Å²) in [7, 11) is -1.85. The fraction of sp³-hybridized carbons (Fsp3) is 0.346. The van der Waals surface area contributed by atoms with Crippen LogP contribution in [0.5, 0.6) is 0 Å². The highest BCUT2D eigenvalue weighted by Crippen LogP contribution is 2.33. The van der Waals surface area contributed by atoms with E-state index in [0.717, 1.165) is 18.4 Å². The maximum absolute atomic E-state index is 13.5. The molecule has 37 heavy (non-hydrogen) atoms. The van der Waals surface area contributed by atoms with Crippen molar-refractivity contribution < 1.29 is 31.4 Å². The Morgan fingerprint density at radius 3 is 2.35 bits per heavy atom. The Morgan fingerprint density at radius 1 is 1.14 bits per heavy atom. The largest absolute Gasteiger partial charge is 0.416 e. The SMILES string of the molecule is COC[C@@H](C)n1cc(C(O)NCc2ccc(S(C)(=O)=O)cc2)c(=O)c(-c2cccc(C(F)(F)F)c2)c1C. The lowest BCUT2D eigenvalue weighted by Crippen LogP contribution is -2.30. The van der Waals surface area contributed by atoms with Crippen molar-refractivity contribution in [3.63, 3.8) is 0 Å². The second kappa shape index (κ2) is 11.2. The summed E-state index contributed by atoms with van der Waals surface area (Å²) in [5.74, 6) is 0. The van der Waals surface area contributed by atoms with Crippen molar-refractivity contribution in [1.29, 1.82) is 0 Å². The number of aliphatic hydroxyl groups excluding tert-OH is 1. The van der Waals surface area contributed by atoms with E-state index in [4.69, 9.17) is 4.74 Å². The molecule has 0 radical (unpaired) electrons. The molecule has 0 aliphatic rings. The molecule has 0 fully saturated rings. The molecule has 1 heterocycles. The molecule has 3 rings (SSSR count). The Kier molecular flexibility index (Phi) is 8.63. The first-order valence-electron chi connectivity index (χ1n) is 11.4. The predicted molar refractivity (Wildman–Crippen MR) is 134 cm³/mol. The summed E-state index contributed by atoms with van der Waals surface area (Å²) in [6.07, 6.45) is -3.47. The van der Waals surface area contributed by atoms with Gasteiger partial charge in [-0.05, 0) is 49.2 Å². The Balaban J connectivity index is 2.03. The summed E-state index contributed by atoms with van der Waals surface area (Å²) < 4.78 is 70.3. The van der Waals surface area contributed by atoms with E-state index < -0.39 is 33.2 Å². The first-order valence-corrected chi connectivity index (χ1v) is 13.3. The Labute approximate surface area is 213 Å². The van der Waals surface area contributed by atoms with E-state index in [1.54, 1.807) is 23.6 Å². The molecule has 200 valence electrons. The summed E-state index contributed by atoms with van der Waals surface area (Å²) in [6, 6.07) is 10.3. The van der Waals surface area contributed by atoms with E-state index in [2.05, 4.69) is 5.32 Å². The van der Waals surface area contributed by atoms with Crippen molar-refractivity contribution in [3.8, 4) is 11.1 Å². The van der Waals surface area contributed by atoms with Crippen LogP contribution < -0.4 is 10.7 Å². The lowest BCUT2D eigenvalue weighted by molar-refractivity contribution is -0.137. The number of halogens is 3. The van der Waals surface area contributed by atoms with Gasteiger partial charge in [0, 0.05) is 37.4 Å². The fourth-order valence-corrected chi connectivity index (χ4v) is 4.72. The molecule has 3 aromatic rings. The van der Waals surface area contributed by atoms with Crippen molar-refractivity contribution in [3.05, 3.63) is 87.3 Å². The van der Waals surface area contributed by atoms with E-state index in [-0.39, 0.29) is 40.8 Å². The molecule has 11 heteroatoms. The monoisotopic (exact) mass is 538 g/mol. The standard InChI is InChI=1S/C26H29F3N2O5S/c1-16(15-36-3)31-14-22(25(33)30-13-18-8-10-21(11-9-18)37(4,34)35)24(32)23(17(31)2)19-6-5-7-20(12-19)26(27,28)29/h5-12,14,16,25,30,33H,13,15H2,1-4H3/t16-,25?/m1/s1. The van der Waals surface area contributed by atoms with Gasteiger partial charge in [-0.25, -0.2) is 8.42 Å². The van der Waals surface area contributed by atoms with Crippen molar-refractivity contribution in [2.45, 2.75) is 43.7 Å². The van der Waals surface area contributed by atoms with Crippen molar-refractivity contribution in [2.75, 3.05) is 20.0 Å². The van der Waals surface area contributed by atoms with Crippen LogP contribution in [0.1, 0.15) is 41.6 Å². The molecular weight excluding hydrogens is 509 g/mol. The van der Waals surface area contributed by atoms with Gasteiger partial charge in [0.15, 0.2) is 15.3 Å². The number of nitrogens with one attached hydrogen (secondary N) is 1. The zero-order valence-electron chi connectivity index (χ0n) is 20.8. The number of aliphatic hydroxyl groups is 1. The number of methoxy groups -OCH3 is 1. The minimum absolute atomic E-state index is 0.0462. The molecule has 0 aliphatic carbocycles. The Morgan fingerprint density at radius 2 is 1.78 bits per heavy atom. The molecule has 7 nitrogen and oxygen atoms in total. The first kappa shape index (κ1) is 28.6. The first-order chi connectivity index (χ1) is 17.2. The van der Waals surface area contributed by atoms with Crippen LogP contribution in [0, 0.1) is 6.92 Å². The van der Waals surface area contributed by atoms with Gasteiger partial charge in [-0.15, -0.1) is 0 Å². The van der Waals surface area contributed by atoms with Gasteiger partial charge in [-0.3, -0.25) is 10.1 Å². The van der Waals surface area contributed by atoms with E-state index in [0.29, 0.717) is 11.3 Å². The van der Waals surface area contributed by atoms with E-state index in [9.17, 15) is 31.5 Å². The van der Waals surface area contributed by atoms with Crippen molar-refractivity contribution in [1.82, 2.24) is 9.88 Å². The second-order valence-electron chi connectivity index (χ2n) is 8.86. The van der Waals surface area contributed by atoms with Crippen LogP contribution in [-0.4, -0.2) is 38.1 Å². The normalized spacial score (nSPS) is 13.9. The highest BCUT2D eigenvalue weighted by molar-refractivity contribution is 7.90. The number of sulfone groups is 1. The van der Waals surface area contributed by atoms with Gasteiger partial charge < -0.3 is 14.4 Å². The number of hydrogen-bond donors (Lipinski definition) is 2. The summed E-state index contributed by atoms with van der Waals surface area (Å²) in [4.78, 5) is 13.6. The molecule has 0 amide bonds. The number of pyridine rings is 1. The van der Waals surface area contributed by atoms with Crippen LogP contribution in [0.25, 0.3) is 11.1 Å². The number of rotatable bonds is 9. The average molecular weight is 539 g/mol. The maximum atomic E-state index is 13.5. The molecule has 2 atom stereocenters. The molecule has 0 aliphatic heterocycles. The molecule has 2 aromatic carbocycles. The van der Waals surface area contributed by atoms with Gasteiger partial charge >= 0.3 is 6.18 Å². The molecule has 0 spiro atoms. The molecular formula is C26H29F3N2O5S. The zero-order valence-corrected chi connectivity index (χ0v) is 21.7. The molecule has 0 saturated carbocycles. The third kappa shape index (κ3) is 6.67. The molecule has 0 saturated heterocycles. The smallest absolute Gasteiger partial charge is 0.383 e. The molecule has 0 bridgehead atoms. The van der Waals surface area contributed by atoms with Crippen LogP contribution in [0.4, 0.5) is 13.2 Å². The van der Waals surface area contributed by atoms with Gasteiger partial charge in [-0.1, -0.05) is 24.3 Å². The fourth-order valence-electron chi connectivity index (χ4n) is 4.09. The maximum Gasteiger partial charge on any atom is 0.416 e. The summed E-state index contributed by atoms with van der Waals surface area (Å²) in [5.41, 5.74) is -0.322. The topological polar surface area (TPSA) is 97.6 Å². The Bertz CT molecular complexity index is 1420. The summed E-state index contributed by atoms with van der Waals surface area (Å²) >= 11 is 0. The highest BCUT2D eigenvalue weighted by atomic mass is 32.2. The van der Waals surface area contributed by atoms with Gasteiger partial charge in [0.05, 0.1) is 28.7 Å². The lowest BCUT2D eigenvalue weighted by atomic mass is 9.98. The van der Waals surface area contributed by atoms with Crippen LogP contribution >= 0.6 is 0 Å². The van der Waals surface area contributed by atoms with Crippen molar-refractivity contribution in [2.24, 2.45) is 0 Å². The third-order valence-corrected chi connectivity index (χ3v) is 7.15. The van der Waals surface area contributed by atoms with Crippen LogP contribution in [0.3, 0.4) is 0 Å². The van der Waals surface area contributed by atoms with E-state index in [1.165, 1.54) is 37.6 Å².